The predicted molar refractivity (Wildman–Crippen MR) is 88.1 cm³/mol. The molecule has 0 heterocycles. The molecule has 1 aromatic rings. The van der Waals surface area contributed by atoms with Gasteiger partial charge in [0.2, 0.25) is 11.8 Å². The molecule has 1 aliphatic rings. The van der Waals surface area contributed by atoms with E-state index in [-0.39, 0.29) is 17.9 Å². The van der Waals surface area contributed by atoms with E-state index in [9.17, 15) is 9.59 Å². The molecule has 0 spiro atoms. The monoisotopic (exact) mass is 300 g/mol. The van der Waals surface area contributed by atoms with Gasteiger partial charge in [-0.1, -0.05) is 43.2 Å². The zero-order valence-corrected chi connectivity index (χ0v) is 13.3. The largest absolute Gasteiger partial charge is 0.352 e. The third-order valence-corrected chi connectivity index (χ3v) is 4.03. The molecule has 0 radical (unpaired) electrons. The van der Waals surface area contributed by atoms with Crippen molar-refractivity contribution in [3.8, 4) is 0 Å². The Balaban J connectivity index is 1.86. The minimum atomic E-state index is -0.520. The minimum Gasteiger partial charge on any atom is -0.352 e. The second-order valence-corrected chi connectivity index (χ2v) is 5.91. The van der Waals surface area contributed by atoms with Crippen LogP contribution in [0.4, 0.5) is 0 Å². The average molecular weight is 300 g/mol. The summed E-state index contributed by atoms with van der Waals surface area (Å²) in [5, 5.41) is 5.72. The van der Waals surface area contributed by atoms with E-state index >= 15 is 0 Å². The zero-order chi connectivity index (χ0) is 15.9. The van der Waals surface area contributed by atoms with Crippen LogP contribution < -0.4 is 10.6 Å². The lowest BCUT2D eigenvalue weighted by atomic mass is 10.1. The fourth-order valence-corrected chi connectivity index (χ4v) is 2.70. The summed E-state index contributed by atoms with van der Waals surface area (Å²) in [5.74, 6) is -0.346. The number of hydrogen-bond donors (Lipinski definition) is 2. The van der Waals surface area contributed by atoms with E-state index in [4.69, 9.17) is 0 Å². The highest BCUT2D eigenvalue weighted by Crippen LogP contribution is 2.17. The molecular weight excluding hydrogens is 276 g/mol. The number of carbonyl (C=O) groups excluding carboxylic acids is 2. The first-order valence-electron chi connectivity index (χ1n) is 7.91. The van der Waals surface area contributed by atoms with Gasteiger partial charge in [0.1, 0.15) is 6.04 Å². The van der Waals surface area contributed by atoms with E-state index < -0.39 is 6.04 Å². The van der Waals surface area contributed by atoms with Gasteiger partial charge in [0, 0.05) is 12.1 Å². The molecule has 22 heavy (non-hydrogen) atoms. The Labute approximate surface area is 132 Å². The molecule has 1 fully saturated rings. The highest BCUT2D eigenvalue weighted by atomic mass is 16.2. The highest BCUT2D eigenvalue weighted by Gasteiger charge is 2.21. The molecule has 1 atom stereocenters. The number of amides is 2. The molecule has 2 amide bonds. The van der Waals surface area contributed by atoms with Gasteiger partial charge in [-0.3, -0.25) is 9.59 Å². The molecule has 2 rings (SSSR count). The van der Waals surface area contributed by atoms with Crippen LogP contribution in [-0.4, -0.2) is 23.9 Å². The van der Waals surface area contributed by atoms with E-state index in [0.29, 0.717) is 0 Å². The van der Waals surface area contributed by atoms with Gasteiger partial charge < -0.3 is 10.6 Å². The maximum absolute atomic E-state index is 12.0. The molecule has 0 bridgehead atoms. The first-order valence-corrected chi connectivity index (χ1v) is 7.91. The molecule has 1 aromatic carbocycles. The predicted octanol–water partition coefficient (Wildman–Crippen LogP) is 2.65. The van der Waals surface area contributed by atoms with Gasteiger partial charge in [-0.05, 0) is 37.8 Å². The minimum absolute atomic E-state index is 0.106. The van der Waals surface area contributed by atoms with Crippen molar-refractivity contribution in [1.82, 2.24) is 10.6 Å². The van der Waals surface area contributed by atoms with Crippen LogP contribution in [-0.2, 0) is 9.59 Å². The van der Waals surface area contributed by atoms with Crippen molar-refractivity contribution < 1.29 is 9.59 Å². The molecular formula is C18H24N2O2. The van der Waals surface area contributed by atoms with Gasteiger partial charge in [0.05, 0.1) is 0 Å². The van der Waals surface area contributed by atoms with Crippen LogP contribution in [0, 0.1) is 0 Å². The topological polar surface area (TPSA) is 58.2 Å². The van der Waals surface area contributed by atoms with Gasteiger partial charge in [-0.15, -0.1) is 0 Å². The van der Waals surface area contributed by atoms with Crippen LogP contribution >= 0.6 is 0 Å². The number of rotatable bonds is 5. The van der Waals surface area contributed by atoms with Gasteiger partial charge in [-0.25, -0.2) is 0 Å². The number of hydrogen-bond acceptors (Lipinski definition) is 2. The van der Waals surface area contributed by atoms with Crippen molar-refractivity contribution in [2.24, 2.45) is 0 Å². The van der Waals surface area contributed by atoms with Crippen LogP contribution in [0.3, 0.4) is 0 Å². The Morgan fingerprint density at radius 3 is 2.45 bits per heavy atom. The van der Waals surface area contributed by atoms with Crippen LogP contribution in [0.5, 0.6) is 0 Å². The normalized spacial score (nSPS) is 17.1. The van der Waals surface area contributed by atoms with Crippen LogP contribution in [0.25, 0.3) is 5.57 Å². The maximum atomic E-state index is 12.0. The number of carbonyl (C=O) groups is 2. The Morgan fingerprint density at radius 2 is 1.82 bits per heavy atom. The van der Waals surface area contributed by atoms with Gasteiger partial charge >= 0.3 is 0 Å². The summed E-state index contributed by atoms with van der Waals surface area (Å²) in [4.78, 5) is 24.1. The lowest BCUT2D eigenvalue weighted by molar-refractivity contribution is -0.127. The van der Waals surface area contributed by atoms with Crippen molar-refractivity contribution in [2.45, 2.75) is 51.6 Å². The number of benzene rings is 1. The molecule has 1 aliphatic carbocycles. The van der Waals surface area contributed by atoms with Crippen molar-refractivity contribution in [3.63, 3.8) is 0 Å². The van der Waals surface area contributed by atoms with Gasteiger partial charge in [0.25, 0.3) is 0 Å². The Kier molecular flexibility index (Phi) is 5.75. The average Bonchev–Trinajstić information content (AvgIpc) is 3.00. The fraction of sp³-hybridized carbons (Fsp3) is 0.444. The second-order valence-electron chi connectivity index (χ2n) is 5.91. The van der Waals surface area contributed by atoms with Gasteiger partial charge in [-0.2, -0.15) is 0 Å². The third-order valence-electron chi connectivity index (χ3n) is 4.03. The highest BCUT2D eigenvalue weighted by molar-refractivity contribution is 5.97. The van der Waals surface area contributed by atoms with Gasteiger partial charge in [0.15, 0.2) is 0 Å². The van der Waals surface area contributed by atoms with Crippen LogP contribution in [0.15, 0.2) is 36.4 Å². The van der Waals surface area contributed by atoms with E-state index in [1.165, 1.54) is 18.9 Å². The molecule has 0 aliphatic heterocycles. The van der Waals surface area contributed by atoms with Crippen molar-refractivity contribution in [2.75, 3.05) is 0 Å². The quantitative estimate of drug-likeness (QED) is 0.821. The van der Waals surface area contributed by atoms with Crippen molar-refractivity contribution in [1.29, 1.82) is 0 Å². The van der Waals surface area contributed by atoms with E-state index in [0.717, 1.165) is 24.0 Å². The van der Waals surface area contributed by atoms with E-state index in [2.05, 4.69) is 10.6 Å². The van der Waals surface area contributed by atoms with Crippen LogP contribution in [0.2, 0.25) is 0 Å². The maximum Gasteiger partial charge on any atom is 0.244 e. The molecule has 1 unspecified atom stereocenters. The molecule has 0 aromatic heterocycles. The molecule has 2 N–H and O–H groups in total. The molecule has 4 heteroatoms. The first kappa shape index (κ1) is 16.3. The fourth-order valence-electron chi connectivity index (χ4n) is 2.70. The molecule has 0 saturated heterocycles. The Bertz CT molecular complexity index is 545. The molecule has 118 valence electrons. The van der Waals surface area contributed by atoms with Crippen molar-refractivity contribution in [3.05, 3.63) is 42.0 Å². The SMILES string of the molecule is CC(=CC(=O)NC(C)C(=O)NC1CCCC1)c1ccccc1. The second kappa shape index (κ2) is 7.78. The lowest BCUT2D eigenvalue weighted by Gasteiger charge is -2.17. The summed E-state index contributed by atoms with van der Waals surface area (Å²) in [7, 11) is 0. The Morgan fingerprint density at radius 1 is 1.18 bits per heavy atom. The van der Waals surface area contributed by atoms with E-state index in [1.807, 2.05) is 37.3 Å². The number of allylic oxidation sites excluding steroid dienone is 1. The number of nitrogens with one attached hydrogen (secondary N) is 2. The summed E-state index contributed by atoms with van der Waals surface area (Å²) < 4.78 is 0. The Hall–Kier alpha value is -2.10. The standard InChI is InChI=1S/C18H24N2O2/c1-13(15-8-4-3-5-9-15)12-17(21)19-14(2)18(22)20-16-10-6-7-11-16/h3-5,8-9,12,14,16H,6-7,10-11H2,1-2H3,(H,19,21)(H,20,22). The van der Waals surface area contributed by atoms with Crippen molar-refractivity contribution >= 4 is 17.4 Å². The zero-order valence-electron chi connectivity index (χ0n) is 13.3. The smallest absolute Gasteiger partial charge is 0.244 e. The summed E-state index contributed by atoms with van der Waals surface area (Å²) in [6.45, 7) is 3.60. The summed E-state index contributed by atoms with van der Waals surface area (Å²) in [5.41, 5.74) is 1.88. The van der Waals surface area contributed by atoms with E-state index in [1.54, 1.807) is 6.92 Å². The summed E-state index contributed by atoms with van der Waals surface area (Å²) in [6.07, 6.45) is 5.96. The first-order chi connectivity index (χ1) is 10.6. The lowest BCUT2D eigenvalue weighted by Crippen LogP contribution is -2.47. The molecule has 1 saturated carbocycles. The summed E-state index contributed by atoms with van der Waals surface area (Å²) >= 11 is 0. The summed E-state index contributed by atoms with van der Waals surface area (Å²) in [6, 6.07) is 9.46. The van der Waals surface area contributed by atoms with Crippen LogP contribution in [0.1, 0.15) is 45.1 Å². The molecule has 4 nitrogen and oxygen atoms in total. The third kappa shape index (κ3) is 4.72.